The van der Waals surface area contributed by atoms with Crippen molar-refractivity contribution < 1.29 is 4.74 Å². The fraction of sp³-hybridized carbons (Fsp3) is 0.667. The molecule has 4 nitrogen and oxygen atoms in total. The quantitative estimate of drug-likeness (QED) is 0.922. The lowest BCUT2D eigenvalue weighted by Gasteiger charge is -2.39. The van der Waals surface area contributed by atoms with Gasteiger partial charge in [0.2, 0.25) is 0 Å². The largest absolute Gasteiger partial charge is 0.493 e. The Morgan fingerprint density at radius 1 is 1.14 bits per heavy atom. The highest BCUT2D eigenvalue weighted by Crippen LogP contribution is 2.35. The fourth-order valence-corrected chi connectivity index (χ4v) is 3.55. The van der Waals surface area contributed by atoms with E-state index < -0.39 is 0 Å². The summed E-state index contributed by atoms with van der Waals surface area (Å²) in [5, 5.41) is 0. The van der Waals surface area contributed by atoms with Crippen molar-refractivity contribution in [1.82, 2.24) is 9.80 Å². The number of ether oxygens (including phenoxy) is 1. The molecule has 2 N–H and O–H groups in total. The van der Waals surface area contributed by atoms with Gasteiger partial charge >= 0.3 is 0 Å². The Kier molecular flexibility index (Phi) is 5.01. The first kappa shape index (κ1) is 15.8. The summed E-state index contributed by atoms with van der Waals surface area (Å²) in [7, 11) is 0. The van der Waals surface area contributed by atoms with E-state index in [-0.39, 0.29) is 6.04 Å². The standard InChI is InChI=1S/C18H29N3O/c1-3-14-5-6-17-16(11-14)18(19)15(13-22-17)12-21-9-7-20(4-2)8-10-21/h5-6,11,15,18H,3-4,7-10,12-13,19H2,1-2H3. The highest BCUT2D eigenvalue weighted by Gasteiger charge is 2.30. The third-order valence-corrected chi connectivity index (χ3v) is 5.21. The third-order valence-electron chi connectivity index (χ3n) is 5.21. The summed E-state index contributed by atoms with van der Waals surface area (Å²) >= 11 is 0. The number of likely N-dealkylation sites (N-methyl/N-ethyl adjacent to an activating group) is 1. The van der Waals surface area contributed by atoms with Gasteiger partial charge in [0.05, 0.1) is 6.61 Å². The number of fused-ring (bicyclic) bond motifs is 1. The molecule has 2 unspecified atom stereocenters. The first-order chi connectivity index (χ1) is 10.7. The minimum Gasteiger partial charge on any atom is -0.493 e. The van der Waals surface area contributed by atoms with Crippen LogP contribution in [0.15, 0.2) is 18.2 Å². The van der Waals surface area contributed by atoms with Crippen molar-refractivity contribution in [2.45, 2.75) is 26.3 Å². The smallest absolute Gasteiger partial charge is 0.124 e. The molecule has 0 spiro atoms. The molecule has 22 heavy (non-hydrogen) atoms. The third kappa shape index (κ3) is 3.29. The van der Waals surface area contributed by atoms with Crippen molar-refractivity contribution in [3.63, 3.8) is 0 Å². The number of hydrogen-bond donors (Lipinski definition) is 1. The van der Waals surface area contributed by atoms with Crippen LogP contribution in [0.25, 0.3) is 0 Å². The van der Waals surface area contributed by atoms with Crippen LogP contribution in [0, 0.1) is 5.92 Å². The topological polar surface area (TPSA) is 41.7 Å². The second-order valence-corrected chi connectivity index (χ2v) is 6.56. The summed E-state index contributed by atoms with van der Waals surface area (Å²) in [6, 6.07) is 6.57. The molecule has 1 saturated heterocycles. The van der Waals surface area contributed by atoms with Crippen LogP contribution in [0.1, 0.15) is 31.0 Å². The van der Waals surface area contributed by atoms with Crippen molar-refractivity contribution in [2.75, 3.05) is 45.9 Å². The molecular formula is C18H29N3O. The van der Waals surface area contributed by atoms with E-state index in [9.17, 15) is 0 Å². The van der Waals surface area contributed by atoms with E-state index in [1.54, 1.807) is 0 Å². The van der Waals surface area contributed by atoms with Gasteiger partial charge in [0.25, 0.3) is 0 Å². The Balaban J connectivity index is 1.64. The molecule has 1 aromatic carbocycles. The summed E-state index contributed by atoms with van der Waals surface area (Å²) in [6.07, 6.45) is 1.05. The average Bonchev–Trinajstić information content (AvgIpc) is 2.58. The van der Waals surface area contributed by atoms with E-state index in [1.165, 1.54) is 24.2 Å². The average molecular weight is 303 g/mol. The van der Waals surface area contributed by atoms with Gasteiger partial charge in [-0.15, -0.1) is 0 Å². The molecule has 0 bridgehead atoms. The van der Waals surface area contributed by atoms with Crippen molar-refractivity contribution in [3.8, 4) is 5.75 Å². The molecule has 1 fully saturated rings. The van der Waals surface area contributed by atoms with Crippen LogP contribution >= 0.6 is 0 Å². The highest BCUT2D eigenvalue weighted by atomic mass is 16.5. The summed E-state index contributed by atoms with van der Waals surface area (Å²) in [6.45, 7) is 12.0. The van der Waals surface area contributed by atoms with Crippen LogP contribution in [-0.2, 0) is 6.42 Å². The Hall–Kier alpha value is -1.10. The Bertz CT molecular complexity index is 497. The summed E-state index contributed by atoms with van der Waals surface area (Å²) < 4.78 is 5.97. The first-order valence-electron chi connectivity index (χ1n) is 8.67. The number of piperazine rings is 1. The second-order valence-electron chi connectivity index (χ2n) is 6.56. The molecule has 122 valence electrons. The lowest BCUT2D eigenvalue weighted by molar-refractivity contribution is 0.0918. The van der Waals surface area contributed by atoms with Gasteiger partial charge in [0, 0.05) is 50.2 Å². The van der Waals surface area contributed by atoms with E-state index in [1.807, 2.05) is 0 Å². The maximum Gasteiger partial charge on any atom is 0.124 e. The Morgan fingerprint density at radius 2 is 1.86 bits per heavy atom. The molecule has 2 aliphatic heterocycles. The van der Waals surface area contributed by atoms with E-state index >= 15 is 0 Å². The van der Waals surface area contributed by atoms with Gasteiger partial charge in [-0.2, -0.15) is 0 Å². The fourth-order valence-electron chi connectivity index (χ4n) is 3.55. The number of benzene rings is 1. The van der Waals surface area contributed by atoms with Crippen LogP contribution in [-0.4, -0.2) is 55.7 Å². The molecular weight excluding hydrogens is 274 g/mol. The van der Waals surface area contributed by atoms with Gasteiger partial charge in [-0.3, -0.25) is 0 Å². The lowest BCUT2D eigenvalue weighted by Crippen LogP contribution is -2.49. The molecule has 4 heteroatoms. The highest BCUT2D eigenvalue weighted by molar-refractivity contribution is 5.41. The summed E-state index contributed by atoms with van der Waals surface area (Å²) in [5.74, 6) is 1.38. The van der Waals surface area contributed by atoms with Crippen molar-refractivity contribution >= 4 is 0 Å². The van der Waals surface area contributed by atoms with Gasteiger partial charge in [0.15, 0.2) is 0 Å². The molecule has 1 aromatic rings. The molecule has 2 aliphatic rings. The molecule has 0 saturated carbocycles. The molecule has 0 amide bonds. The van der Waals surface area contributed by atoms with Crippen LogP contribution in [0.3, 0.4) is 0 Å². The van der Waals surface area contributed by atoms with Crippen molar-refractivity contribution in [2.24, 2.45) is 11.7 Å². The van der Waals surface area contributed by atoms with Gasteiger partial charge < -0.3 is 20.3 Å². The minimum atomic E-state index is 0.0967. The molecule has 3 rings (SSSR count). The number of rotatable bonds is 4. The zero-order chi connectivity index (χ0) is 15.5. The molecule has 2 atom stereocenters. The maximum absolute atomic E-state index is 6.57. The zero-order valence-electron chi connectivity index (χ0n) is 13.9. The maximum atomic E-state index is 6.57. The number of aryl methyl sites for hydroxylation is 1. The van der Waals surface area contributed by atoms with Gasteiger partial charge in [0.1, 0.15) is 5.75 Å². The predicted octanol–water partition coefficient (Wildman–Crippen LogP) is 1.89. The monoisotopic (exact) mass is 303 g/mol. The van der Waals surface area contributed by atoms with Gasteiger partial charge in [-0.25, -0.2) is 0 Å². The van der Waals surface area contributed by atoms with Gasteiger partial charge in [-0.05, 0) is 24.6 Å². The second kappa shape index (κ2) is 6.99. The summed E-state index contributed by atoms with van der Waals surface area (Å²) in [4.78, 5) is 5.06. The number of nitrogens with two attached hydrogens (primary N) is 1. The molecule has 0 radical (unpaired) electrons. The molecule has 2 heterocycles. The van der Waals surface area contributed by atoms with E-state index in [4.69, 9.17) is 10.5 Å². The Labute approximate surface area is 134 Å². The number of nitrogens with zero attached hydrogens (tertiary/aromatic N) is 2. The summed E-state index contributed by atoms with van der Waals surface area (Å²) in [5.41, 5.74) is 9.11. The SMILES string of the molecule is CCc1ccc2c(c1)C(N)C(CN1CCN(CC)CC1)CO2. The molecule has 0 aliphatic carbocycles. The normalized spacial score (nSPS) is 26.5. The van der Waals surface area contributed by atoms with E-state index in [0.29, 0.717) is 5.92 Å². The minimum absolute atomic E-state index is 0.0967. The van der Waals surface area contributed by atoms with E-state index in [0.717, 1.165) is 45.0 Å². The van der Waals surface area contributed by atoms with Crippen LogP contribution in [0.4, 0.5) is 0 Å². The van der Waals surface area contributed by atoms with Crippen molar-refractivity contribution in [3.05, 3.63) is 29.3 Å². The zero-order valence-corrected chi connectivity index (χ0v) is 13.9. The van der Waals surface area contributed by atoms with Crippen molar-refractivity contribution in [1.29, 1.82) is 0 Å². The lowest BCUT2D eigenvalue weighted by atomic mass is 9.89. The first-order valence-corrected chi connectivity index (χ1v) is 8.67. The van der Waals surface area contributed by atoms with Crippen LogP contribution in [0.5, 0.6) is 5.75 Å². The Morgan fingerprint density at radius 3 is 2.55 bits per heavy atom. The van der Waals surface area contributed by atoms with Gasteiger partial charge in [-0.1, -0.05) is 26.0 Å². The van der Waals surface area contributed by atoms with E-state index in [2.05, 4.69) is 41.8 Å². The van der Waals surface area contributed by atoms with Crippen LogP contribution < -0.4 is 10.5 Å². The molecule has 0 aromatic heterocycles. The number of hydrogen-bond acceptors (Lipinski definition) is 4. The predicted molar refractivity (Wildman–Crippen MR) is 90.3 cm³/mol. The van der Waals surface area contributed by atoms with Crippen LogP contribution in [0.2, 0.25) is 0 Å².